The van der Waals surface area contributed by atoms with Crippen LogP contribution in [0.1, 0.15) is 23.7 Å². The number of nitrogens with zero attached hydrogens (tertiary/aromatic N) is 3. The number of azide groups is 1. The summed E-state index contributed by atoms with van der Waals surface area (Å²) >= 11 is 1.06. The molecule has 1 N–H and O–H groups in total. The summed E-state index contributed by atoms with van der Waals surface area (Å²) in [7, 11) is -3.72. The van der Waals surface area contributed by atoms with E-state index in [0.29, 0.717) is 6.42 Å². The molecule has 1 aromatic heterocycles. The average Bonchev–Trinajstić information content (AvgIpc) is 2.76. The van der Waals surface area contributed by atoms with Crippen LogP contribution < -0.4 is 4.72 Å². The van der Waals surface area contributed by atoms with Crippen LogP contribution in [-0.2, 0) is 10.0 Å². The maximum Gasteiger partial charge on any atom is 0.251 e. The van der Waals surface area contributed by atoms with E-state index in [1.807, 2.05) is 6.92 Å². The minimum absolute atomic E-state index is 0.101. The monoisotopic (exact) mass is 274 g/mol. The molecule has 0 unspecified atom stereocenters. The molecule has 0 fully saturated rings. The first-order valence-corrected chi connectivity index (χ1v) is 7.10. The lowest BCUT2D eigenvalue weighted by molar-refractivity contribution is 0.0998. The summed E-state index contributed by atoms with van der Waals surface area (Å²) in [6, 6.07) is 0. The van der Waals surface area contributed by atoms with Crippen molar-refractivity contribution in [3.63, 3.8) is 0 Å². The fraction of sp³-hybridized carbons (Fsp3) is 0.375. The third-order valence-electron chi connectivity index (χ3n) is 1.82. The minimum atomic E-state index is -3.72. The number of thiophene rings is 1. The Morgan fingerprint density at radius 3 is 2.88 bits per heavy atom. The van der Waals surface area contributed by atoms with Gasteiger partial charge in [-0.15, -0.1) is 0 Å². The SMILES string of the molecule is CCCNS(=O)(=O)c1cscc1C(=O)N=[N+]=[N-]. The third-order valence-corrected chi connectivity index (χ3v) is 4.22. The molecule has 1 rings (SSSR count). The molecule has 17 heavy (non-hydrogen) atoms. The van der Waals surface area contributed by atoms with E-state index in [-0.39, 0.29) is 17.0 Å². The molecule has 0 bridgehead atoms. The van der Waals surface area contributed by atoms with Gasteiger partial charge in [-0.3, -0.25) is 4.79 Å². The van der Waals surface area contributed by atoms with Crippen molar-refractivity contribution in [3.8, 4) is 0 Å². The summed E-state index contributed by atoms with van der Waals surface area (Å²) in [5, 5.41) is 5.55. The molecule has 7 nitrogen and oxygen atoms in total. The number of rotatable bonds is 5. The Hall–Kier alpha value is -1.41. The molecule has 0 aromatic carbocycles. The van der Waals surface area contributed by atoms with Crippen LogP contribution in [0, 0.1) is 0 Å². The van der Waals surface area contributed by atoms with Crippen molar-refractivity contribution in [1.82, 2.24) is 4.72 Å². The molecule has 0 atom stereocenters. The quantitative estimate of drug-likeness (QED) is 0.502. The Morgan fingerprint density at radius 2 is 2.29 bits per heavy atom. The fourth-order valence-electron chi connectivity index (χ4n) is 1.06. The van der Waals surface area contributed by atoms with Crippen LogP contribution in [0.5, 0.6) is 0 Å². The average molecular weight is 274 g/mol. The van der Waals surface area contributed by atoms with Crippen LogP contribution in [0.3, 0.4) is 0 Å². The highest BCUT2D eigenvalue weighted by Crippen LogP contribution is 2.21. The molecule has 1 amide bonds. The number of hydrogen-bond donors (Lipinski definition) is 1. The first-order valence-electron chi connectivity index (χ1n) is 4.68. The Kier molecular flexibility index (Phi) is 4.64. The standard InChI is InChI=1S/C8H10N4O3S2/c1-2-3-10-17(14,15)7-5-16-4-6(7)8(13)11-12-9/h4-5,10H,2-3H2,1H3. The van der Waals surface area contributed by atoms with Crippen LogP contribution in [0.2, 0.25) is 0 Å². The van der Waals surface area contributed by atoms with Gasteiger partial charge in [0.1, 0.15) is 4.90 Å². The molecule has 0 aliphatic carbocycles. The van der Waals surface area contributed by atoms with Crippen LogP contribution in [0.15, 0.2) is 20.8 Å². The van der Waals surface area contributed by atoms with Gasteiger partial charge in [0.2, 0.25) is 10.0 Å². The van der Waals surface area contributed by atoms with Crippen molar-refractivity contribution >= 4 is 27.3 Å². The van der Waals surface area contributed by atoms with Crippen molar-refractivity contribution in [1.29, 1.82) is 0 Å². The van der Waals surface area contributed by atoms with Gasteiger partial charge in [-0.05, 0) is 17.1 Å². The zero-order chi connectivity index (χ0) is 12.9. The number of sulfonamides is 1. The van der Waals surface area contributed by atoms with Crippen LogP contribution >= 0.6 is 11.3 Å². The summed E-state index contributed by atoms with van der Waals surface area (Å²) in [5.41, 5.74) is 8.05. The maximum atomic E-state index is 11.8. The van der Waals surface area contributed by atoms with Crippen molar-refractivity contribution in [3.05, 3.63) is 26.8 Å². The summed E-state index contributed by atoms with van der Waals surface area (Å²) in [6.45, 7) is 2.11. The summed E-state index contributed by atoms with van der Waals surface area (Å²) in [5.74, 6) is -0.898. The molecule has 1 aromatic rings. The number of nitrogens with one attached hydrogen (secondary N) is 1. The van der Waals surface area contributed by atoms with Crippen LogP contribution in [0.25, 0.3) is 10.4 Å². The molecular formula is C8H10N4O3S2. The number of amides is 1. The van der Waals surface area contributed by atoms with E-state index in [1.54, 1.807) is 0 Å². The van der Waals surface area contributed by atoms with Gasteiger partial charge in [0.15, 0.2) is 0 Å². The van der Waals surface area contributed by atoms with Gasteiger partial charge < -0.3 is 0 Å². The lowest BCUT2D eigenvalue weighted by atomic mass is 10.3. The van der Waals surface area contributed by atoms with Gasteiger partial charge in [0.25, 0.3) is 5.91 Å². The largest absolute Gasteiger partial charge is 0.287 e. The first-order chi connectivity index (χ1) is 8.03. The lowest BCUT2D eigenvalue weighted by Crippen LogP contribution is -2.25. The Balaban J connectivity index is 3.12. The summed E-state index contributed by atoms with van der Waals surface area (Å²) in [6.07, 6.45) is 0.642. The molecule has 0 saturated heterocycles. The third kappa shape index (κ3) is 3.27. The molecular weight excluding hydrogens is 264 g/mol. The van der Waals surface area contributed by atoms with Gasteiger partial charge in [0.05, 0.1) is 5.56 Å². The summed E-state index contributed by atoms with van der Waals surface area (Å²) < 4.78 is 25.9. The topological polar surface area (TPSA) is 112 Å². The number of carbonyl (C=O) groups excluding carboxylic acids is 1. The van der Waals surface area contributed by atoms with Gasteiger partial charge in [-0.1, -0.05) is 6.92 Å². The minimum Gasteiger partial charge on any atom is -0.287 e. The molecule has 1 heterocycles. The van der Waals surface area contributed by atoms with Gasteiger partial charge in [-0.25, -0.2) is 13.1 Å². The smallest absolute Gasteiger partial charge is 0.251 e. The Morgan fingerprint density at radius 1 is 1.59 bits per heavy atom. The highest BCUT2D eigenvalue weighted by molar-refractivity contribution is 7.89. The molecule has 0 radical (unpaired) electrons. The zero-order valence-corrected chi connectivity index (χ0v) is 10.6. The molecule has 9 heteroatoms. The zero-order valence-electron chi connectivity index (χ0n) is 8.95. The maximum absolute atomic E-state index is 11.8. The van der Waals surface area contributed by atoms with Crippen molar-refractivity contribution < 1.29 is 13.2 Å². The lowest BCUT2D eigenvalue weighted by Gasteiger charge is -2.04. The normalized spacial score (nSPS) is 10.9. The van der Waals surface area contributed by atoms with Crippen molar-refractivity contribution in [2.45, 2.75) is 18.2 Å². The first kappa shape index (κ1) is 13.7. The Bertz CT molecular complexity index is 557. The van der Waals surface area contributed by atoms with E-state index < -0.39 is 15.9 Å². The van der Waals surface area contributed by atoms with Crippen molar-refractivity contribution in [2.24, 2.45) is 5.11 Å². The van der Waals surface area contributed by atoms with Gasteiger partial charge in [-0.2, -0.15) is 11.3 Å². The van der Waals surface area contributed by atoms with E-state index in [9.17, 15) is 13.2 Å². The second kappa shape index (κ2) is 5.78. The van der Waals surface area contributed by atoms with Crippen LogP contribution in [0.4, 0.5) is 0 Å². The van der Waals surface area contributed by atoms with Crippen molar-refractivity contribution in [2.75, 3.05) is 6.54 Å². The number of carbonyl (C=O) groups is 1. The summed E-state index contributed by atoms with van der Waals surface area (Å²) in [4.78, 5) is 13.5. The number of hydrogen-bond acceptors (Lipinski definition) is 4. The highest BCUT2D eigenvalue weighted by Gasteiger charge is 2.22. The van der Waals surface area contributed by atoms with E-state index in [4.69, 9.17) is 5.53 Å². The second-order valence-corrected chi connectivity index (χ2v) is 5.52. The fourth-order valence-corrected chi connectivity index (χ4v) is 3.55. The highest BCUT2D eigenvalue weighted by atomic mass is 32.2. The Labute approximate surface area is 102 Å². The van der Waals surface area contributed by atoms with Gasteiger partial charge >= 0.3 is 0 Å². The van der Waals surface area contributed by atoms with E-state index in [2.05, 4.69) is 14.7 Å². The second-order valence-electron chi connectivity index (χ2n) is 3.04. The van der Waals surface area contributed by atoms with E-state index >= 15 is 0 Å². The molecule has 0 saturated carbocycles. The van der Waals surface area contributed by atoms with Gasteiger partial charge in [0, 0.05) is 22.2 Å². The molecule has 92 valence electrons. The van der Waals surface area contributed by atoms with E-state index in [0.717, 1.165) is 11.3 Å². The molecule has 0 spiro atoms. The molecule has 0 aliphatic rings. The predicted molar refractivity (Wildman–Crippen MR) is 63.3 cm³/mol. The molecule has 0 aliphatic heterocycles. The predicted octanol–water partition coefficient (Wildman–Crippen LogP) is 1.89. The van der Waals surface area contributed by atoms with Crippen LogP contribution in [-0.4, -0.2) is 20.9 Å². The van der Waals surface area contributed by atoms with E-state index in [1.165, 1.54) is 10.8 Å².